The molecule has 9 amide bonds. The third kappa shape index (κ3) is 11.0. The first-order valence-electron chi connectivity index (χ1n) is 25.0. The Morgan fingerprint density at radius 2 is 0.570 bits per heavy atom. The summed E-state index contributed by atoms with van der Waals surface area (Å²) < 4.78 is 38.1. The average molecular weight is 1090 g/mol. The fourth-order valence-corrected chi connectivity index (χ4v) is 10.0. The topological polar surface area (TPSA) is 219 Å². The lowest BCUT2D eigenvalue weighted by molar-refractivity contribution is -0.129. The second-order valence-corrected chi connectivity index (χ2v) is 22.7. The molecule has 19 heteroatoms. The van der Waals surface area contributed by atoms with E-state index in [1.165, 1.54) is 36.4 Å². The molecule has 3 aliphatic rings. The lowest BCUT2D eigenvalue weighted by Crippen LogP contribution is -2.39. The van der Waals surface area contributed by atoms with Crippen molar-refractivity contribution in [2.24, 2.45) is 0 Å². The number of amides is 9. The van der Waals surface area contributed by atoms with Gasteiger partial charge in [-0.15, -0.1) is 0 Å². The van der Waals surface area contributed by atoms with E-state index in [9.17, 15) is 43.2 Å². The monoisotopic (exact) mass is 1090 g/mol. The Bertz CT molecular complexity index is 3100. The summed E-state index contributed by atoms with van der Waals surface area (Å²) in [6, 6.07) is 33.0. The Morgan fingerprint density at radius 1 is 0.354 bits per heavy atom. The van der Waals surface area contributed by atoms with Crippen LogP contribution in [0.25, 0.3) is 0 Å². The first-order valence-corrected chi connectivity index (χ1v) is 26.1. The molecule has 404 valence electrons. The van der Waals surface area contributed by atoms with Crippen LogP contribution in [-0.4, -0.2) is 87.7 Å². The maximum atomic E-state index is 13.4. The van der Waals surface area contributed by atoms with Crippen molar-refractivity contribution in [1.82, 2.24) is 14.7 Å². The Hall–Kier alpha value is -9.02. The van der Waals surface area contributed by atoms with Gasteiger partial charge in [0.15, 0.2) is 19.8 Å². The highest BCUT2D eigenvalue weighted by Gasteiger charge is 2.43. The molecular weight excluding hydrogens is 1030 g/mol. The number of hydrogen-bond acceptors (Lipinski definition) is 15. The normalized spacial score (nSPS) is 14.1. The molecule has 0 aromatic heterocycles. The van der Waals surface area contributed by atoms with Gasteiger partial charge in [0.2, 0.25) is 0 Å². The summed E-state index contributed by atoms with van der Waals surface area (Å²) in [5.74, 6) is -5.40. The van der Waals surface area contributed by atoms with Crippen LogP contribution in [0.4, 0.5) is 0 Å². The van der Waals surface area contributed by atoms with E-state index in [2.05, 4.69) is 0 Å². The molecule has 0 unspecified atom stereocenters. The highest BCUT2D eigenvalue weighted by molar-refractivity contribution is 7.43. The summed E-state index contributed by atoms with van der Waals surface area (Å²) in [4.78, 5) is 120. The van der Waals surface area contributed by atoms with Crippen LogP contribution in [0.5, 0.6) is 34.5 Å². The van der Waals surface area contributed by atoms with Crippen molar-refractivity contribution in [3.8, 4) is 34.5 Å². The molecular formula is C60H54N3O15P. The summed E-state index contributed by atoms with van der Waals surface area (Å²) in [5, 5.41) is 0. The van der Waals surface area contributed by atoms with E-state index in [0.717, 1.165) is 0 Å². The summed E-state index contributed by atoms with van der Waals surface area (Å²) in [7, 11) is -2.51. The lowest BCUT2D eigenvalue weighted by Gasteiger charge is -2.29. The van der Waals surface area contributed by atoms with Crippen LogP contribution >= 0.6 is 8.60 Å². The van der Waals surface area contributed by atoms with Crippen molar-refractivity contribution in [3.63, 3.8) is 0 Å². The van der Waals surface area contributed by atoms with Gasteiger partial charge < -0.3 is 27.8 Å². The molecule has 3 aliphatic heterocycles. The van der Waals surface area contributed by atoms with Crippen molar-refractivity contribution < 1.29 is 70.9 Å². The molecule has 0 N–H and O–H groups in total. The second-order valence-electron chi connectivity index (χ2n) is 21.7. The van der Waals surface area contributed by atoms with Crippen LogP contribution in [0.15, 0.2) is 127 Å². The zero-order chi connectivity index (χ0) is 56.9. The summed E-state index contributed by atoms with van der Waals surface area (Å²) in [6.45, 7) is 15.5. The summed E-state index contributed by atoms with van der Waals surface area (Å²) >= 11 is 0. The fraction of sp³-hybridized carbons (Fsp3) is 0.250. The molecule has 6 aromatic carbocycles. The number of nitrogens with zero attached hydrogens (tertiary/aromatic N) is 3. The number of ether oxygens (including phenoxy) is 3. The van der Waals surface area contributed by atoms with Crippen molar-refractivity contribution >= 4 is 61.8 Å². The molecule has 9 rings (SSSR count). The molecule has 0 radical (unpaired) electrons. The van der Waals surface area contributed by atoms with E-state index in [-0.39, 0.29) is 50.6 Å². The first-order chi connectivity index (χ1) is 37.3. The minimum Gasteiger partial charge on any atom is -0.484 e. The third-order valence-electron chi connectivity index (χ3n) is 13.0. The molecule has 0 aliphatic carbocycles. The van der Waals surface area contributed by atoms with Gasteiger partial charge in [-0.3, -0.25) is 43.2 Å². The first kappa shape index (κ1) is 54.8. The zero-order valence-electron chi connectivity index (χ0n) is 44.7. The van der Waals surface area contributed by atoms with E-state index in [4.69, 9.17) is 27.8 Å². The molecule has 6 aromatic rings. The van der Waals surface area contributed by atoms with Crippen molar-refractivity contribution in [1.29, 1.82) is 0 Å². The number of carbonyl (C=O) groups excluding carboxylic acids is 9. The number of carbonyl (C=O) groups is 9. The molecule has 0 saturated heterocycles. The highest BCUT2D eigenvalue weighted by atomic mass is 31.2. The smallest absolute Gasteiger partial charge is 0.484 e. The van der Waals surface area contributed by atoms with Gasteiger partial charge in [-0.2, -0.15) is 0 Å². The number of benzene rings is 6. The van der Waals surface area contributed by atoms with Gasteiger partial charge in [-0.25, -0.2) is 14.7 Å². The Labute approximate surface area is 456 Å². The molecule has 3 heterocycles. The fourth-order valence-electron chi connectivity index (χ4n) is 8.97. The van der Waals surface area contributed by atoms with Crippen molar-refractivity contribution in [2.45, 2.75) is 78.6 Å². The molecule has 0 spiro atoms. The predicted octanol–water partition coefficient (Wildman–Crippen LogP) is 9.95. The van der Waals surface area contributed by atoms with Gasteiger partial charge >= 0.3 is 8.60 Å². The van der Waals surface area contributed by atoms with Crippen molar-refractivity contribution in [2.75, 3.05) is 19.8 Å². The van der Waals surface area contributed by atoms with Crippen LogP contribution < -0.4 is 27.8 Å². The molecule has 79 heavy (non-hydrogen) atoms. The predicted molar refractivity (Wildman–Crippen MR) is 287 cm³/mol. The van der Waals surface area contributed by atoms with E-state index >= 15 is 0 Å². The van der Waals surface area contributed by atoms with Gasteiger partial charge in [-0.1, -0.05) is 98.7 Å². The van der Waals surface area contributed by atoms with E-state index < -0.39 is 97.8 Å². The minimum absolute atomic E-state index is 0.124. The van der Waals surface area contributed by atoms with Crippen LogP contribution in [-0.2, 0) is 30.6 Å². The zero-order valence-corrected chi connectivity index (χ0v) is 45.6. The number of imide groups is 9. The quantitative estimate of drug-likeness (QED) is 0.0690. The van der Waals surface area contributed by atoms with Crippen LogP contribution in [0.3, 0.4) is 0 Å². The maximum absolute atomic E-state index is 13.4. The lowest BCUT2D eigenvalue weighted by atomic mass is 9.86. The van der Waals surface area contributed by atoms with Gasteiger partial charge in [0.05, 0.1) is 33.4 Å². The van der Waals surface area contributed by atoms with Gasteiger partial charge in [0, 0.05) is 16.7 Å². The minimum atomic E-state index is -2.51. The SMILES string of the molecule is CC(C)(C)c1cc(OCC(=O)N2C(=O)c3ccccc3C2=O)ccc1OP(Oc1ccc(OCC(=O)N2C(=O)c3ccccc3C2=O)cc1C(C)(C)C)Oc1ccc(OCC(=O)N2C(=O)c3ccccc3C2=O)cc1C(C)(C)C. The number of fused-ring (bicyclic) bond motifs is 3. The third-order valence-corrected chi connectivity index (χ3v) is 14.1. The Morgan fingerprint density at radius 3 is 0.772 bits per heavy atom. The highest BCUT2D eigenvalue weighted by Crippen LogP contribution is 2.50. The number of rotatable bonds is 15. The van der Waals surface area contributed by atoms with Gasteiger partial charge in [0.1, 0.15) is 34.5 Å². The molecule has 0 atom stereocenters. The van der Waals surface area contributed by atoms with E-state index in [1.54, 1.807) is 91.0 Å². The van der Waals surface area contributed by atoms with Gasteiger partial charge in [-0.05, 0) is 107 Å². The molecule has 18 nitrogen and oxygen atoms in total. The van der Waals surface area contributed by atoms with E-state index in [1.807, 2.05) is 62.3 Å². The standard InChI is InChI=1S/C60H54N3O15P/c1-58(2,3)43-28-34(73-31-49(64)61-52(67)37-16-10-11-17-38(37)53(61)68)22-25-46(43)76-79(77-47-26-23-35(29-44(47)59(4,5)6)74-32-50(65)62-54(69)39-18-12-13-19-40(39)55(62)70)78-48-27-24-36(30-45(48)60(7,8)9)75-33-51(66)63-56(71)41-20-14-15-21-42(41)57(63)72/h10-30H,31-33H2,1-9H3. The van der Waals surface area contributed by atoms with Crippen LogP contribution in [0, 0.1) is 0 Å². The summed E-state index contributed by atoms with van der Waals surface area (Å²) in [6.07, 6.45) is 0. The van der Waals surface area contributed by atoms with Crippen molar-refractivity contribution in [3.05, 3.63) is 177 Å². The Kier molecular flexibility index (Phi) is 14.6. The number of hydrogen-bond donors (Lipinski definition) is 0. The molecule has 0 saturated carbocycles. The second kappa shape index (κ2) is 21.1. The van der Waals surface area contributed by atoms with Crippen LogP contribution in [0.1, 0.15) is 141 Å². The molecule has 0 bridgehead atoms. The largest absolute Gasteiger partial charge is 0.530 e. The Balaban J connectivity index is 0.998. The van der Waals surface area contributed by atoms with Crippen LogP contribution in [0.2, 0.25) is 0 Å². The molecule has 0 fully saturated rings. The summed E-state index contributed by atoms with van der Waals surface area (Å²) in [5.41, 5.74) is 0.550. The van der Waals surface area contributed by atoms with E-state index in [0.29, 0.717) is 48.6 Å². The maximum Gasteiger partial charge on any atom is 0.530 e. The average Bonchev–Trinajstić information content (AvgIpc) is 4.12. The van der Waals surface area contributed by atoms with Gasteiger partial charge in [0.25, 0.3) is 53.2 Å².